The SMILES string of the molecule is CC(C)c1ccc(NC=O)cc1.CNc1cccc(C)c1. The highest BCUT2D eigenvalue weighted by molar-refractivity contribution is 5.71. The van der Waals surface area contributed by atoms with Gasteiger partial charge in [0.15, 0.2) is 0 Å². The number of carbonyl (C=O) groups excluding carboxylic acids is 1. The van der Waals surface area contributed by atoms with Crippen LogP contribution in [0.1, 0.15) is 30.9 Å². The van der Waals surface area contributed by atoms with E-state index < -0.39 is 0 Å². The van der Waals surface area contributed by atoms with Crippen molar-refractivity contribution in [1.82, 2.24) is 0 Å². The molecule has 0 unspecified atom stereocenters. The van der Waals surface area contributed by atoms with Gasteiger partial charge in [-0.15, -0.1) is 0 Å². The Kier molecular flexibility index (Phi) is 7.02. The summed E-state index contributed by atoms with van der Waals surface area (Å²) >= 11 is 0. The molecular formula is C18H24N2O. The van der Waals surface area contributed by atoms with Crippen LogP contribution in [0.2, 0.25) is 0 Å². The van der Waals surface area contributed by atoms with Crippen molar-refractivity contribution in [3.05, 3.63) is 59.7 Å². The first-order valence-electron chi connectivity index (χ1n) is 7.11. The molecule has 0 fully saturated rings. The summed E-state index contributed by atoms with van der Waals surface area (Å²) in [5, 5.41) is 5.66. The Morgan fingerprint density at radius 1 is 1.00 bits per heavy atom. The number of benzene rings is 2. The maximum absolute atomic E-state index is 10.1. The molecule has 0 aliphatic carbocycles. The van der Waals surface area contributed by atoms with E-state index in [0.29, 0.717) is 12.3 Å². The number of carbonyl (C=O) groups is 1. The van der Waals surface area contributed by atoms with Gasteiger partial charge in [-0.3, -0.25) is 4.79 Å². The van der Waals surface area contributed by atoms with Crippen LogP contribution < -0.4 is 10.6 Å². The van der Waals surface area contributed by atoms with Crippen molar-refractivity contribution >= 4 is 17.8 Å². The topological polar surface area (TPSA) is 41.1 Å². The molecule has 2 aromatic carbocycles. The molecule has 21 heavy (non-hydrogen) atoms. The Morgan fingerprint density at radius 2 is 1.67 bits per heavy atom. The average Bonchev–Trinajstić information content (AvgIpc) is 2.49. The molecule has 2 aromatic rings. The van der Waals surface area contributed by atoms with E-state index in [-0.39, 0.29) is 0 Å². The monoisotopic (exact) mass is 284 g/mol. The zero-order chi connectivity index (χ0) is 15.7. The van der Waals surface area contributed by atoms with E-state index in [4.69, 9.17) is 0 Å². The molecule has 0 bridgehead atoms. The molecule has 2 rings (SSSR count). The van der Waals surface area contributed by atoms with Crippen LogP contribution in [-0.2, 0) is 4.79 Å². The summed E-state index contributed by atoms with van der Waals surface area (Å²) < 4.78 is 0. The lowest BCUT2D eigenvalue weighted by atomic mass is 10.0. The fraction of sp³-hybridized carbons (Fsp3) is 0.278. The summed E-state index contributed by atoms with van der Waals surface area (Å²) in [6.07, 6.45) is 0.685. The van der Waals surface area contributed by atoms with Crippen molar-refractivity contribution in [1.29, 1.82) is 0 Å². The predicted octanol–water partition coefficient (Wildman–Crippen LogP) is 4.42. The van der Waals surface area contributed by atoms with Gasteiger partial charge in [0, 0.05) is 18.4 Å². The Hall–Kier alpha value is -2.29. The fourth-order valence-corrected chi connectivity index (χ4v) is 1.83. The molecule has 0 heterocycles. The van der Waals surface area contributed by atoms with E-state index >= 15 is 0 Å². The molecule has 0 radical (unpaired) electrons. The first-order valence-corrected chi connectivity index (χ1v) is 7.11. The van der Waals surface area contributed by atoms with E-state index in [0.717, 1.165) is 5.69 Å². The standard InChI is InChI=1S/C10H13NO.C8H11N/c1-8(2)9-3-5-10(6-4-9)11-7-12;1-7-4-3-5-8(6-7)9-2/h3-8H,1-2H3,(H,11,12);3-6,9H,1-2H3. The lowest BCUT2D eigenvalue weighted by Crippen LogP contribution is -1.94. The Bertz CT molecular complexity index is 547. The van der Waals surface area contributed by atoms with Gasteiger partial charge in [-0.2, -0.15) is 0 Å². The average molecular weight is 284 g/mol. The molecule has 0 saturated carbocycles. The minimum atomic E-state index is 0.537. The summed E-state index contributed by atoms with van der Waals surface area (Å²) in [7, 11) is 1.93. The van der Waals surface area contributed by atoms with Gasteiger partial charge in [0.25, 0.3) is 0 Å². The number of hydrogen-bond donors (Lipinski definition) is 2. The lowest BCUT2D eigenvalue weighted by Gasteiger charge is -2.05. The summed E-state index contributed by atoms with van der Waals surface area (Å²) in [6, 6.07) is 16.1. The largest absolute Gasteiger partial charge is 0.388 e. The highest BCUT2D eigenvalue weighted by atomic mass is 16.1. The lowest BCUT2D eigenvalue weighted by molar-refractivity contribution is -0.105. The van der Waals surface area contributed by atoms with Crippen LogP contribution in [-0.4, -0.2) is 13.5 Å². The van der Waals surface area contributed by atoms with Crippen molar-refractivity contribution in [2.24, 2.45) is 0 Å². The normalized spacial score (nSPS) is 9.57. The fourth-order valence-electron chi connectivity index (χ4n) is 1.83. The Labute approximate surface area is 127 Å². The van der Waals surface area contributed by atoms with Crippen LogP contribution in [0.5, 0.6) is 0 Å². The summed E-state index contributed by atoms with van der Waals surface area (Å²) in [5.41, 5.74) is 4.60. The third-order valence-electron chi connectivity index (χ3n) is 3.11. The second kappa shape index (κ2) is 8.80. The highest BCUT2D eigenvalue weighted by Crippen LogP contribution is 2.16. The molecule has 3 nitrogen and oxygen atoms in total. The maximum Gasteiger partial charge on any atom is 0.211 e. The quantitative estimate of drug-likeness (QED) is 0.816. The summed E-state index contributed by atoms with van der Waals surface area (Å²) in [5.74, 6) is 0.537. The molecule has 0 spiro atoms. The van der Waals surface area contributed by atoms with Gasteiger partial charge in [0.2, 0.25) is 6.41 Å². The van der Waals surface area contributed by atoms with Gasteiger partial charge in [-0.05, 0) is 48.2 Å². The van der Waals surface area contributed by atoms with E-state index in [1.165, 1.54) is 16.8 Å². The molecular weight excluding hydrogens is 260 g/mol. The van der Waals surface area contributed by atoms with Crippen molar-refractivity contribution in [3.63, 3.8) is 0 Å². The van der Waals surface area contributed by atoms with E-state index in [2.05, 4.69) is 43.5 Å². The highest BCUT2D eigenvalue weighted by Gasteiger charge is 1.97. The van der Waals surface area contributed by atoms with E-state index in [1.54, 1.807) is 0 Å². The number of amides is 1. The van der Waals surface area contributed by atoms with Crippen molar-refractivity contribution in [2.45, 2.75) is 26.7 Å². The van der Waals surface area contributed by atoms with Crippen LogP contribution in [0.25, 0.3) is 0 Å². The molecule has 0 atom stereocenters. The molecule has 3 heteroatoms. The van der Waals surface area contributed by atoms with Crippen molar-refractivity contribution < 1.29 is 4.79 Å². The van der Waals surface area contributed by atoms with Gasteiger partial charge >= 0.3 is 0 Å². The maximum atomic E-state index is 10.1. The number of hydrogen-bond acceptors (Lipinski definition) is 2. The summed E-state index contributed by atoms with van der Waals surface area (Å²) in [6.45, 7) is 6.37. The van der Waals surface area contributed by atoms with Gasteiger partial charge in [-0.25, -0.2) is 0 Å². The number of rotatable bonds is 4. The van der Waals surface area contributed by atoms with Gasteiger partial charge in [0.1, 0.15) is 0 Å². The summed E-state index contributed by atoms with van der Waals surface area (Å²) in [4.78, 5) is 10.1. The smallest absolute Gasteiger partial charge is 0.211 e. The molecule has 0 aliphatic rings. The Morgan fingerprint density at radius 3 is 2.10 bits per heavy atom. The minimum Gasteiger partial charge on any atom is -0.388 e. The van der Waals surface area contributed by atoms with Crippen LogP contribution in [0.15, 0.2) is 48.5 Å². The number of nitrogens with one attached hydrogen (secondary N) is 2. The van der Waals surface area contributed by atoms with Crippen LogP contribution in [0.4, 0.5) is 11.4 Å². The van der Waals surface area contributed by atoms with Crippen molar-refractivity contribution in [2.75, 3.05) is 17.7 Å². The van der Waals surface area contributed by atoms with Crippen LogP contribution >= 0.6 is 0 Å². The zero-order valence-corrected chi connectivity index (χ0v) is 13.2. The molecule has 112 valence electrons. The first-order chi connectivity index (χ1) is 10.1. The number of anilines is 2. The van der Waals surface area contributed by atoms with Gasteiger partial charge < -0.3 is 10.6 Å². The molecule has 0 saturated heterocycles. The van der Waals surface area contributed by atoms with E-state index in [1.807, 2.05) is 43.4 Å². The minimum absolute atomic E-state index is 0.537. The Balaban J connectivity index is 0.000000219. The second-order valence-electron chi connectivity index (χ2n) is 5.16. The third-order valence-corrected chi connectivity index (χ3v) is 3.11. The van der Waals surface area contributed by atoms with Gasteiger partial charge in [-0.1, -0.05) is 38.1 Å². The second-order valence-corrected chi connectivity index (χ2v) is 5.16. The van der Waals surface area contributed by atoms with Crippen LogP contribution in [0, 0.1) is 6.92 Å². The number of aryl methyl sites for hydroxylation is 1. The first kappa shape index (κ1) is 16.8. The van der Waals surface area contributed by atoms with E-state index in [9.17, 15) is 4.79 Å². The van der Waals surface area contributed by atoms with Crippen molar-refractivity contribution in [3.8, 4) is 0 Å². The zero-order valence-electron chi connectivity index (χ0n) is 13.2. The third kappa shape index (κ3) is 6.13. The predicted molar refractivity (Wildman–Crippen MR) is 90.9 cm³/mol. The molecule has 0 aromatic heterocycles. The molecule has 2 N–H and O–H groups in total. The van der Waals surface area contributed by atoms with Crippen LogP contribution in [0.3, 0.4) is 0 Å². The van der Waals surface area contributed by atoms with Gasteiger partial charge in [0.05, 0.1) is 0 Å². The molecule has 1 amide bonds. The molecule has 0 aliphatic heterocycles.